The molecule has 1 aromatic heterocycles. The van der Waals surface area contributed by atoms with Gasteiger partial charge in [-0.2, -0.15) is 0 Å². The Morgan fingerprint density at radius 3 is 2.31 bits per heavy atom. The molecule has 1 aliphatic rings. The van der Waals surface area contributed by atoms with E-state index in [-0.39, 0.29) is 17.2 Å². The fraction of sp³-hybridized carbons (Fsp3) is 0.136. The van der Waals surface area contributed by atoms with Crippen LogP contribution in [0.2, 0.25) is 0 Å². The number of carbonyl (C=O) groups excluding carboxylic acids is 2. The van der Waals surface area contributed by atoms with Crippen LogP contribution in [0.3, 0.4) is 0 Å². The lowest BCUT2D eigenvalue weighted by atomic mass is 9.95. The molecule has 1 unspecified atom stereocenters. The molecule has 29 heavy (non-hydrogen) atoms. The number of halogens is 1. The summed E-state index contributed by atoms with van der Waals surface area (Å²) in [6.07, 6.45) is 0. The summed E-state index contributed by atoms with van der Waals surface area (Å²) in [5, 5.41) is 14.8. The molecule has 1 atom stereocenters. The van der Waals surface area contributed by atoms with Gasteiger partial charge >= 0.3 is 5.91 Å². The maximum atomic E-state index is 13.5. The van der Waals surface area contributed by atoms with Crippen molar-refractivity contribution in [2.75, 3.05) is 4.90 Å². The topological polar surface area (TPSA) is 83.6 Å². The highest BCUT2D eigenvalue weighted by Gasteiger charge is 2.48. The van der Waals surface area contributed by atoms with Crippen LogP contribution in [0.1, 0.15) is 28.5 Å². The molecule has 1 aliphatic heterocycles. The fourth-order valence-corrected chi connectivity index (χ4v) is 3.36. The van der Waals surface area contributed by atoms with Crippen LogP contribution in [0.5, 0.6) is 0 Å². The molecule has 7 heteroatoms. The molecule has 4 rings (SSSR count). The number of hydrogen-bond donors (Lipinski definition) is 1. The number of hydrogen-bond acceptors (Lipinski definition) is 5. The summed E-state index contributed by atoms with van der Waals surface area (Å²) in [4.78, 5) is 26.9. The Morgan fingerprint density at radius 1 is 1.07 bits per heavy atom. The minimum Gasteiger partial charge on any atom is -0.507 e. The average Bonchev–Trinajstić information content (AvgIpc) is 3.24. The molecule has 1 fully saturated rings. The largest absolute Gasteiger partial charge is 0.507 e. The van der Waals surface area contributed by atoms with Gasteiger partial charge < -0.3 is 9.63 Å². The molecule has 1 saturated heterocycles. The van der Waals surface area contributed by atoms with Crippen molar-refractivity contribution >= 4 is 23.3 Å². The van der Waals surface area contributed by atoms with Gasteiger partial charge in [0.05, 0.1) is 11.6 Å². The quantitative estimate of drug-likeness (QED) is 0.413. The van der Waals surface area contributed by atoms with Crippen molar-refractivity contribution in [2.45, 2.75) is 19.9 Å². The molecule has 0 saturated carbocycles. The number of nitrogens with zero attached hydrogens (tertiary/aromatic N) is 2. The normalized spacial score (nSPS) is 18.4. The van der Waals surface area contributed by atoms with E-state index in [9.17, 15) is 19.1 Å². The maximum Gasteiger partial charge on any atom is 0.301 e. The average molecular weight is 392 g/mol. The van der Waals surface area contributed by atoms with Crippen LogP contribution < -0.4 is 4.90 Å². The molecular weight excluding hydrogens is 375 g/mol. The number of rotatable bonds is 3. The molecule has 3 aromatic rings. The number of aromatic nitrogens is 1. The first-order valence-corrected chi connectivity index (χ1v) is 8.93. The highest BCUT2D eigenvalue weighted by molar-refractivity contribution is 6.51. The Labute approximate surface area is 165 Å². The third-order valence-electron chi connectivity index (χ3n) is 4.82. The summed E-state index contributed by atoms with van der Waals surface area (Å²) in [6.45, 7) is 3.56. The molecule has 0 aliphatic carbocycles. The number of aliphatic hydroxyl groups is 1. The molecule has 1 amide bonds. The van der Waals surface area contributed by atoms with Crippen LogP contribution in [0.4, 0.5) is 10.2 Å². The van der Waals surface area contributed by atoms with Crippen molar-refractivity contribution in [1.29, 1.82) is 0 Å². The van der Waals surface area contributed by atoms with Crippen molar-refractivity contribution in [2.24, 2.45) is 0 Å². The van der Waals surface area contributed by atoms with Gasteiger partial charge in [-0.3, -0.25) is 14.5 Å². The Bertz CT molecular complexity index is 1130. The van der Waals surface area contributed by atoms with Crippen LogP contribution in [0.25, 0.3) is 5.76 Å². The van der Waals surface area contributed by atoms with Crippen LogP contribution in [-0.2, 0) is 9.59 Å². The smallest absolute Gasteiger partial charge is 0.301 e. The zero-order valence-electron chi connectivity index (χ0n) is 15.7. The lowest BCUT2D eigenvalue weighted by Crippen LogP contribution is -2.29. The monoisotopic (exact) mass is 392 g/mol. The van der Waals surface area contributed by atoms with Gasteiger partial charge in [0.15, 0.2) is 5.82 Å². The van der Waals surface area contributed by atoms with E-state index in [1.807, 2.05) is 6.92 Å². The minimum atomic E-state index is -0.971. The van der Waals surface area contributed by atoms with Gasteiger partial charge in [0.1, 0.15) is 17.3 Å². The number of amides is 1. The summed E-state index contributed by atoms with van der Waals surface area (Å²) < 4.78 is 18.5. The summed E-state index contributed by atoms with van der Waals surface area (Å²) in [5.41, 5.74) is 1.75. The van der Waals surface area contributed by atoms with E-state index in [0.29, 0.717) is 16.9 Å². The number of ketones is 1. The molecule has 146 valence electrons. The molecule has 6 nitrogen and oxygen atoms in total. The van der Waals surface area contributed by atoms with Gasteiger partial charge in [0.2, 0.25) is 0 Å². The van der Waals surface area contributed by atoms with E-state index in [4.69, 9.17) is 4.52 Å². The number of aliphatic hydroxyl groups excluding tert-OH is 1. The predicted octanol–water partition coefficient (Wildman–Crippen LogP) is 4.06. The molecular formula is C22H17FN2O4. The van der Waals surface area contributed by atoms with Crippen LogP contribution >= 0.6 is 0 Å². The lowest BCUT2D eigenvalue weighted by Gasteiger charge is -2.22. The Hall–Kier alpha value is -3.74. The zero-order chi connectivity index (χ0) is 20.7. The fourth-order valence-electron chi connectivity index (χ4n) is 3.36. The Balaban J connectivity index is 1.93. The van der Waals surface area contributed by atoms with Crippen LogP contribution in [0.15, 0.2) is 64.7 Å². The number of benzene rings is 2. The molecule has 2 heterocycles. The van der Waals surface area contributed by atoms with E-state index in [1.54, 1.807) is 31.2 Å². The zero-order valence-corrected chi connectivity index (χ0v) is 15.7. The summed E-state index contributed by atoms with van der Waals surface area (Å²) >= 11 is 0. The second-order valence-corrected chi connectivity index (χ2v) is 6.88. The van der Waals surface area contributed by atoms with E-state index >= 15 is 0 Å². The van der Waals surface area contributed by atoms with Gasteiger partial charge in [-0.15, -0.1) is 0 Å². The molecule has 0 spiro atoms. The first-order chi connectivity index (χ1) is 13.9. The van der Waals surface area contributed by atoms with Crippen molar-refractivity contribution in [3.05, 3.63) is 88.4 Å². The second-order valence-electron chi connectivity index (χ2n) is 6.88. The van der Waals surface area contributed by atoms with Crippen molar-refractivity contribution < 1.29 is 23.6 Å². The second kappa shape index (κ2) is 7.01. The third kappa shape index (κ3) is 3.20. The first-order valence-electron chi connectivity index (χ1n) is 8.93. The Morgan fingerprint density at radius 2 is 1.72 bits per heavy atom. The SMILES string of the molecule is Cc1ccc(/C(O)=C2/C(=O)C(=O)N(c3cc(C)on3)C2c2ccc(F)cc2)cc1. The minimum absolute atomic E-state index is 0.0916. The maximum absolute atomic E-state index is 13.5. The van der Waals surface area contributed by atoms with Gasteiger partial charge in [-0.1, -0.05) is 47.1 Å². The van der Waals surface area contributed by atoms with E-state index < -0.39 is 23.5 Å². The predicted molar refractivity (Wildman–Crippen MR) is 104 cm³/mol. The number of Topliss-reactive ketones (excluding diaryl/α,β-unsaturated/α-hetero) is 1. The van der Waals surface area contributed by atoms with Gasteiger partial charge in [-0.25, -0.2) is 4.39 Å². The van der Waals surface area contributed by atoms with Gasteiger partial charge in [0.25, 0.3) is 5.78 Å². The molecule has 0 bridgehead atoms. The Kier molecular flexibility index (Phi) is 4.50. The molecule has 2 aromatic carbocycles. The number of aryl methyl sites for hydroxylation is 2. The van der Waals surface area contributed by atoms with Crippen molar-refractivity contribution in [1.82, 2.24) is 5.16 Å². The lowest BCUT2D eigenvalue weighted by molar-refractivity contribution is -0.132. The standard InChI is InChI=1S/C22H17FN2O4/c1-12-3-5-15(6-4-12)20(26)18-19(14-7-9-16(23)10-8-14)25(22(28)21(18)27)17-11-13(2)29-24-17/h3-11,19,26H,1-2H3/b20-18-. The molecule has 0 radical (unpaired) electrons. The van der Waals surface area contributed by atoms with Crippen LogP contribution in [-0.4, -0.2) is 22.0 Å². The van der Waals surface area contributed by atoms with Gasteiger partial charge in [-0.05, 0) is 31.5 Å². The van der Waals surface area contributed by atoms with Gasteiger partial charge in [0, 0.05) is 11.6 Å². The summed E-state index contributed by atoms with van der Waals surface area (Å²) in [5.74, 6) is -1.86. The highest BCUT2D eigenvalue weighted by atomic mass is 19.1. The summed E-state index contributed by atoms with van der Waals surface area (Å²) in [7, 11) is 0. The van der Waals surface area contributed by atoms with E-state index in [2.05, 4.69) is 5.16 Å². The van der Waals surface area contributed by atoms with Crippen LogP contribution in [0, 0.1) is 19.7 Å². The third-order valence-corrected chi connectivity index (χ3v) is 4.82. The molecule has 1 N–H and O–H groups in total. The van der Waals surface area contributed by atoms with E-state index in [0.717, 1.165) is 10.5 Å². The number of carbonyl (C=O) groups is 2. The summed E-state index contributed by atoms with van der Waals surface area (Å²) in [6, 6.07) is 12.9. The first kappa shape index (κ1) is 18.6. The van der Waals surface area contributed by atoms with Crippen molar-refractivity contribution in [3.63, 3.8) is 0 Å². The highest BCUT2D eigenvalue weighted by Crippen LogP contribution is 2.41. The van der Waals surface area contributed by atoms with Crippen molar-refractivity contribution in [3.8, 4) is 0 Å². The van der Waals surface area contributed by atoms with E-state index in [1.165, 1.54) is 30.3 Å². The number of anilines is 1.